The summed E-state index contributed by atoms with van der Waals surface area (Å²) in [6, 6.07) is 7.90. The summed E-state index contributed by atoms with van der Waals surface area (Å²) in [4.78, 5) is 23.4. The molecule has 1 aliphatic rings. The van der Waals surface area contributed by atoms with Gasteiger partial charge in [0.1, 0.15) is 11.3 Å². The molecule has 1 aromatic carbocycles. The maximum absolute atomic E-state index is 12.1. The Morgan fingerprint density at radius 2 is 1.92 bits per heavy atom. The first-order valence-corrected chi connectivity index (χ1v) is 8.76. The molecule has 2 N–H and O–H groups in total. The first kappa shape index (κ1) is 17.5. The zero-order valence-electron chi connectivity index (χ0n) is 14.1. The summed E-state index contributed by atoms with van der Waals surface area (Å²) in [6.45, 7) is -0.147. The summed E-state index contributed by atoms with van der Waals surface area (Å²) in [5, 5.41) is 13.8. The van der Waals surface area contributed by atoms with Crippen molar-refractivity contribution in [2.45, 2.75) is 50.7 Å². The van der Waals surface area contributed by atoms with Crippen molar-refractivity contribution in [1.82, 2.24) is 5.32 Å². The lowest BCUT2D eigenvalue weighted by Crippen LogP contribution is -2.45. The van der Waals surface area contributed by atoms with Crippen molar-refractivity contribution in [3.8, 4) is 5.75 Å². The fraction of sp³-hybridized carbons (Fsp3) is 0.474. The molecule has 1 saturated carbocycles. The number of carbonyl (C=O) groups excluding carboxylic acids is 1. The van der Waals surface area contributed by atoms with E-state index in [1.165, 1.54) is 6.07 Å². The number of amides is 1. The summed E-state index contributed by atoms with van der Waals surface area (Å²) in [6.07, 6.45) is 5.28. The molecular formula is C19H23NO5. The van der Waals surface area contributed by atoms with Gasteiger partial charge in [-0.05, 0) is 31.0 Å². The maximum Gasteiger partial charge on any atom is 0.336 e. The number of carbonyl (C=O) groups is 1. The minimum Gasteiger partial charge on any atom is -0.484 e. The summed E-state index contributed by atoms with van der Waals surface area (Å²) >= 11 is 0. The SMILES string of the molecule is O=C(COc1ccc2ccc(=O)oc2c1)N[C@H]1CCCCCC[C@@H]1O. The van der Waals surface area contributed by atoms with E-state index in [-0.39, 0.29) is 18.6 Å². The number of nitrogens with one attached hydrogen (secondary N) is 1. The van der Waals surface area contributed by atoms with Gasteiger partial charge in [0.2, 0.25) is 0 Å². The molecule has 134 valence electrons. The highest BCUT2D eigenvalue weighted by molar-refractivity contribution is 5.79. The van der Waals surface area contributed by atoms with Crippen LogP contribution in [0.15, 0.2) is 39.5 Å². The second-order valence-corrected chi connectivity index (χ2v) is 6.48. The van der Waals surface area contributed by atoms with Crippen LogP contribution in [-0.2, 0) is 4.79 Å². The zero-order chi connectivity index (χ0) is 17.6. The molecule has 25 heavy (non-hydrogen) atoms. The second-order valence-electron chi connectivity index (χ2n) is 6.48. The lowest BCUT2D eigenvalue weighted by molar-refractivity contribution is -0.124. The molecule has 2 atom stereocenters. The standard InChI is InChI=1S/C19H23NO5/c21-16-6-4-2-1-3-5-15(16)20-18(22)12-24-14-9-7-13-8-10-19(23)25-17(13)11-14/h7-11,15-16,21H,1-6,12H2,(H,20,22)/t15-,16-/m0/s1. The van der Waals surface area contributed by atoms with Crippen molar-refractivity contribution in [3.05, 3.63) is 40.8 Å². The molecule has 0 radical (unpaired) electrons. The van der Waals surface area contributed by atoms with Crippen LogP contribution in [0.5, 0.6) is 5.75 Å². The lowest BCUT2D eigenvalue weighted by Gasteiger charge is -2.26. The van der Waals surface area contributed by atoms with Gasteiger partial charge in [0.15, 0.2) is 6.61 Å². The predicted molar refractivity (Wildman–Crippen MR) is 93.6 cm³/mol. The summed E-state index contributed by atoms with van der Waals surface area (Å²) < 4.78 is 10.6. The van der Waals surface area contributed by atoms with Crippen LogP contribution < -0.4 is 15.7 Å². The molecule has 0 aliphatic heterocycles. The Labute approximate surface area is 145 Å². The molecule has 6 nitrogen and oxygen atoms in total. The van der Waals surface area contributed by atoms with E-state index in [1.807, 2.05) is 0 Å². The highest BCUT2D eigenvalue weighted by atomic mass is 16.5. The highest BCUT2D eigenvalue weighted by Crippen LogP contribution is 2.20. The van der Waals surface area contributed by atoms with Gasteiger partial charge in [-0.15, -0.1) is 0 Å². The van der Waals surface area contributed by atoms with E-state index >= 15 is 0 Å². The van der Waals surface area contributed by atoms with Crippen LogP contribution in [0.25, 0.3) is 11.0 Å². The van der Waals surface area contributed by atoms with Gasteiger partial charge in [-0.3, -0.25) is 4.79 Å². The van der Waals surface area contributed by atoms with Crippen LogP contribution in [0.3, 0.4) is 0 Å². The number of aliphatic hydroxyl groups excluding tert-OH is 1. The molecule has 1 fully saturated rings. The van der Waals surface area contributed by atoms with E-state index < -0.39 is 11.7 Å². The van der Waals surface area contributed by atoms with Crippen molar-refractivity contribution in [2.75, 3.05) is 6.61 Å². The van der Waals surface area contributed by atoms with Crippen molar-refractivity contribution >= 4 is 16.9 Å². The van der Waals surface area contributed by atoms with Gasteiger partial charge in [-0.2, -0.15) is 0 Å². The monoisotopic (exact) mass is 345 g/mol. The van der Waals surface area contributed by atoms with Crippen LogP contribution in [0.1, 0.15) is 38.5 Å². The number of rotatable bonds is 4. The van der Waals surface area contributed by atoms with Crippen LogP contribution >= 0.6 is 0 Å². The quantitative estimate of drug-likeness (QED) is 0.831. The Hall–Kier alpha value is -2.34. The van der Waals surface area contributed by atoms with Crippen LogP contribution in [0.2, 0.25) is 0 Å². The minimum absolute atomic E-state index is 0.147. The minimum atomic E-state index is -0.501. The van der Waals surface area contributed by atoms with Crippen LogP contribution in [0, 0.1) is 0 Å². The first-order valence-electron chi connectivity index (χ1n) is 8.76. The van der Waals surface area contributed by atoms with Crippen molar-refractivity contribution in [1.29, 1.82) is 0 Å². The first-order chi connectivity index (χ1) is 12.1. The molecule has 2 aromatic rings. The van der Waals surface area contributed by atoms with Crippen LogP contribution in [0.4, 0.5) is 0 Å². The number of fused-ring (bicyclic) bond motifs is 1. The molecule has 0 saturated heterocycles. The van der Waals surface area contributed by atoms with Gasteiger partial charge in [0.25, 0.3) is 5.91 Å². The smallest absolute Gasteiger partial charge is 0.336 e. The number of ether oxygens (including phenoxy) is 1. The number of hydrogen-bond acceptors (Lipinski definition) is 5. The Morgan fingerprint density at radius 3 is 2.76 bits per heavy atom. The van der Waals surface area contributed by atoms with Gasteiger partial charge in [-0.25, -0.2) is 4.79 Å². The maximum atomic E-state index is 12.1. The van der Waals surface area contributed by atoms with E-state index in [0.29, 0.717) is 11.3 Å². The van der Waals surface area contributed by atoms with Crippen LogP contribution in [-0.4, -0.2) is 29.8 Å². The normalized spacial score (nSPS) is 21.3. The molecule has 1 aliphatic carbocycles. The largest absolute Gasteiger partial charge is 0.484 e. The third kappa shape index (κ3) is 4.82. The third-order valence-electron chi connectivity index (χ3n) is 4.54. The third-order valence-corrected chi connectivity index (χ3v) is 4.54. The average Bonchev–Trinajstić information content (AvgIpc) is 2.59. The molecule has 1 aromatic heterocycles. The Kier molecular flexibility index (Phi) is 5.71. The fourth-order valence-corrected chi connectivity index (χ4v) is 3.16. The van der Waals surface area contributed by atoms with Gasteiger partial charge in [0.05, 0.1) is 12.1 Å². The topological polar surface area (TPSA) is 88.8 Å². The zero-order valence-corrected chi connectivity index (χ0v) is 14.1. The summed E-state index contributed by atoms with van der Waals surface area (Å²) in [5.74, 6) is 0.189. The molecule has 0 spiro atoms. The summed E-state index contributed by atoms with van der Waals surface area (Å²) in [7, 11) is 0. The Bertz CT molecular complexity index is 785. The molecule has 6 heteroatoms. The van der Waals surface area contributed by atoms with Gasteiger partial charge in [-0.1, -0.05) is 25.7 Å². The fourth-order valence-electron chi connectivity index (χ4n) is 3.16. The molecule has 1 heterocycles. The highest BCUT2D eigenvalue weighted by Gasteiger charge is 2.22. The molecule has 1 amide bonds. The van der Waals surface area contributed by atoms with E-state index in [4.69, 9.17) is 9.15 Å². The Morgan fingerprint density at radius 1 is 1.16 bits per heavy atom. The summed E-state index contributed by atoms with van der Waals surface area (Å²) in [5.41, 5.74) is -0.0125. The predicted octanol–water partition coefficient (Wildman–Crippen LogP) is 2.37. The molecule has 3 rings (SSSR count). The van der Waals surface area contributed by atoms with E-state index in [2.05, 4.69) is 5.32 Å². The molecule has 0 unspecified atom stereocenters. The molecular weight excluding hydrogens is 322 g/mol. The van der Waals surface area contributed by atoms with Crippen molar-refractivity contribution in [3.63, 3.8) is 0 Å². The number of aliphatic hydroxyl groups is 1. The van der Waals surface area contributed by atoms with Gasteiger partial charge < -0.3 is 19.6 Å². The van der Waals surface area contributed by atoms with Gasteiger partial charge in [0, 0.05) is 17.5 Å². The number of hydrogen-bond donors (Lipinski definition) is 2. The average molecular weight is 345 g/mol. The second kappa shape index (κ2) is 8.16. The number of benzene rings is 1. The van der Waals surface area contributed by atoms with E-state index in [0.717, 1.165) is 43.9 Å². The van der Waals surface area contributed by atoms with Crippen molar-refractivity contribution < 1.29 is 19.1 Å². The van der Waals surface area contributed by atoms with Crippen molar-refractivity contribution in [2.24, 2.45) is 0 Å². The van der Waals surface area contributed by atoms with E-state index in [1.54, 1.807) is 24.3 Å². The van der Waals surface area contributed by atoms with E-state index in [9.17, 15) is 14.7 Å². The Balaban J connectivity index is 1.57. The molecule has 0 bridgehead atoms. The lowest BCUT2D eigenvalue weighted by atomic mass is 9.94. The van der Waals surface area contributed by atoms with Gasteiger partial charge >= 0.3 is 5.63 Å².